The molecule has 0 amide bonds. The number of aliphatic hydroxyl groups excluding tert-OH is 1. The zero-order valence-electron chi connectivity index (χ0n) is 11.1. The fraction of sp³-hybridized carbons (Fsp3) is 0.118. The molecule has 106 valence electrons. The summed E-state index contributed by atoms with van der Waals surface area (Å²) in [5.41, 5.74) is 2.68. The average molecular weight is 363 g/mol. The molecular formula is C17H13BrClNO. The topological polar surface area (TPSA) is 33.1 Å². The van der Waals surface area contributed by atoms with Crippen LogP contribution in [-0.2, 0) is 6.42 Å². The molecular weight excluding hydrogens is 350 g/mol. The molecule has 3 rings (SSSR count). The Kier molecular flexibility index (Phi) is 4.24. The fourth-order valence-electron chi connectivity index (χ4n) is 2.41. The van der Waals surface area contributed by atoms with Gasteiger partial charge in [0.2, 0.25) is 0 Å². The number of hydrogen-bond acceptors (Lipinski definition) is 2. The lowest BCUT2D eigenvalue weighted by atomic mass is 9.98. The number of nitrogens with zero attached hydrogens (tertiary/aromatic N) is 1. The number of benzene rings is 2. The van der Waals surface area contributed by atoms with Crippen LogP contribution in [0.3, 0.4) is 0 Å². The largest absolute Gasteiger partial charge is 0.388 e. The van der Waals surface area contributed by atoms with E-state index < -0.39 is 6.10 Å². The predicted octanol–water partition coefficient (Wildman–Crippen LogP) is 4.93. The first kappa shape index (κ1) is 14.5. The van der Waals surface area contributed by atoms with Crippen LogP contribution in [-0.4, -0.2) is 10.1 Å². The summed E-state index contributed by atoms with van der Waals surface area (Å²) < 4.78 is 0.931. The molecule has 1 unspecified atom stereocenters. The molecule has 0 aliphatic rings. The van der Waals surface area contributed by atoms with Gasteiger partial charge in [0.1, 0.15) is 0 Å². The van der Waals surface area contributed by atoms with Crippen LogP contribution in [0.2, 0.25) is 5.02 Å². The van der Waals surface area contributed by atoms with Crippen LogP contribution in [0.15, 0.2) is 59.2 Å². The Balaban J connectivity index is 1.95. The van der Waals surface area contributed by atoms with Gasteiger partial charge in [-0.1, -0.05) is 51.8 Å². The van der Waals surface area contributed by atoms with E-state index >= 15 is 0 Å². The molecule has 0 saturated carbocycles. The van der Waals surface area contributed by atoms with Gasteiger partial charge in [0.15, 0.2) is 0 Å². The van der Waals surface area contributed by atoms with Gasteiger partial charge in [-0.25, -0.2) is 0 Å². The second kappa shape index (κ2) is 6.14. The molecule has 1 N–H and O–H groups in total. The SMILES string of the molecule is OC(Cc1ccc(Br)cc1Cl)c1ccnc2ccccc12. The number of hydrogen-bond donors (Lipinski definition) is 1. The van der Waals surface area contributed by atoms with Crippen molar-refractivity contribution in [2.45, 2.75) is 12.5 Å². The van der Waals surface area contributed by atoms with Gasteiger partial charge >= 0.3 is 0 Å². The van der Waals surface area contributed by atoms with Gasteiger partial charge in [-0.3, -0.25) is 4.98 Å². The highest BCUT2D eigenvalue weighted by Crippen LogP contribution is 2.29. The number of fused-ring (bicyclic) bond motifs is 1. The molecule has 2 nitrogen and oxygen atoms in total. The zero-order valence-corrected chi connectivity index (χ0v) is 13.5. The van der Waals surface area contributed by atoms with Gasteiger partial charge in [0.05, 0.1) is 11.6 Å². The van der Waals surface area contributed by atoms with E-state index in [2.05, 4.69) is 20.9 Å². The van der Waals surface area contributed by atoms with Crippen molar-refractivity contribution < 1.29 is 5.11 Å². The lowest BCUT2D eigenvalue weighted by Gasteiger charge is -2.14. The minimum absolute atomic E-state index is 0.472. The summed E-state index contributed by atoms with van der Waals surface area (Å²) in [6, 6.07) is 15.4. The van der Waals surface area contributed by atoms with E-state index in [-0.39, 0.29) is 0 Å². The van der Waals surface area contributed by atoms with Crippen LogP contribution < -0.4 is 0 Å². The molecule has 2 aromatic carbocycles. The van der Waals surface area contributed by atoms with E-state index in [0.29, 0.717) is 11.4 Å². The van der Waals surface area contributed by atoms with Crippen LogP contribution >= 0.6 is 27.5 Å². The molecule has 0 radical (unpaired) electrons. The standard InChI is InChI=1S/C17H13BrClNO/c18-12-6-5-11(15(19)10-12)9-17(21)14-7-8-20-16-4-2-1-3-13(14)16/h1-8,10,17,21H,9H2. The molecule has 1 atom stereocenters. The summed E-state index contributed by atoms with van der Waals surface area (Å²) in [5, 5.41) is 12.2. The maximum absolute atomic E-state index is 10.6. The third kappa shape index (κ3) is 3.10. The van der Waals surface area contributed by atoms with Crippen molar-refractivity contribution in [1.29, 1.82) is 0 Å². The number of halogens is 2. The summed E-state index contributed by atoms with van der Waals surface area (Å²) in [7, 11) is 0. The lowest BCUT2D eigenvalue weighted by Crippen LogP contribution is -2.03. The van der Waals surface area contributed by atoms with Crippen LogP contribution in [0.5, 0.6) is 0 Å². The van der Waals surface area contributed by atoms with Crippen LogP contribution in [0, 0.1) is 0 Å². The van der Waals surface area contributed by atoms with Crippen molar-refractivity contribution in [3.8, 4) is 0 Å². The van der Waals surface area contributed by atoms with Crippen molar-refractivity contribution in [3.63, 3.8) is 0 Å². The summed E-state index contributed by atoms with van der Waals surface area (Å²) >= 11 is 9.61. The minimum Gasteiger partial charge on any atom is -0.388 e. The molecule has 21 heavy (non-hydrogen) atoms. The number of pyridine rings is 1. The van der Waals surface area contributed by atoms with Crippen molar-refractivity contribution in [3.05, 3.63) is 75.4 Å². The number of rotatable bonds is 3. The van der Waals surface area contributed by atoms with E-state index in [4.69, 9.17) is 11.6 Å². The fourth-order valence-corrected chi connectivity index (χ4v) is 3.16. The van der Waals surface area contributed by atoms with Crippen molar-refractivity contribution in [2.75, 3.05) is 0 Å². The average Bonchev–Trinajstić information content (AvgIpc) is 2.49. The normalized spacial score (nSPS) is 12.5. The van der Waals surface area contributed by atoms with Crippen molar-refractivity contribution in [2.24, 2.45) is 0 Å². The maximum atomic E-state index is 10.6. The summed E-state index contributed by atoms with van der Waals surface area (Å²) in [5.74, 6) is 0. The molecule has 0 bridgehead atoms. The van der Waals surface area contributed by atoms with E-state index in [0.717, 1.165) is 26.5 Å². The Labute approximate surface area is 136 Å². The highest BCUT2D eigenvalue weighted by atomic mass is 79.9. The Morgan fingerprint density at radius 2 is 1.95 bits per heavy atom. The summed E-state index contributed by atoms with van der Waals surface area (Å²) in [4.78, 5) is 4.32. The lowest BCUT2D eigenvalue weighted by molar-refractivity contribution is 0.180. The van der Waals surface area contributed by atoms with E-state index in [1.54, 1.807) is 6.20 Å². The Morgan fingerprint density at radius 3 is 2.76 bits per heavy atom. The monoisotopic (exact) mass is 361 g/mol. The number of para-hydroxylation sites is 1. The molecule has 0 saturated heterocycles. The second-order valence-corrected chi connectivity index (χ2v) is 6.20. The Hall–Kier alpha value is -1.42. The van der Waals surface area contributed by atoms with Gasteiger partial charge in [0, 0.05) is 27.5 Å². The van der Waals surface area contributed by atoms with Crippen LogP contribution in [0.25, 0.3) is 10.9 Å². The Morgan fingerprint density at radius 1 is 1.14 bits per heavy atom. The first-order chi connectivity index (χ1) is 10.1. The number of aromatic nitrogens is 1. The van der Waals surface area contributed by atoms with Gasteiger partial charge in [0.25, 0.3) is 0 Å². The van der Waals surface area contributed by atoms with Crippen LogP contribution in [0.4, 0.5) is 0 Å². The molecule has 1 aromatic heterocycles. The molecule has 0 fully saturated rings. The zero-order chi connectivity index (χ0) is 14.8. The van der Waals surface area contributed by atoms with Gasteiger partial charge in [-0.2, -0.15) is 0 Å². The highest BCUT2D eigenvalue weighted by molar-refractivity contribution is 9.10. The number of aliphatic hydroxyl groups is 1. The first-order valence-corrected chi connectivity index (χ1v) is 7.78. The van der Waals surface area contributed by atoms with E-state index in [1.165, 1.54) is 0 Å². The maximum Gasteiger partial charge on any atom is 0.0838 e. The predicted molar refractivity (Wildman–Crippen MR) is 89.6 cm³/mol. The molecule has 1 heterocycles. The van der Waals surface area contributed by atoms with E-state index in [9.17, 15) is 5.11 Å². The Bertz CT molecular complexity index is 785. The van der Waals surface area contributed by atoms with Crippen LogP contribution in [0.1, 0.15) is 17.2 Å². The van der Waals surface area contributed by atoms with Gasteiger partial charge in [-0.15, -0.1) is 0 Å². The van der Waals surface area contributed by atoms with Gasteiger partial charge in [-0.05, 0) is 35.4 Å². The highest BCUT2D eigenvalue weighted by Gasteiger charge is 2.14. The molecule has 3 aromatic rings. The quantitative estimate of drug-likeness (QED) is 0.717. The molecule has 0 spiro atoms. The first-order valence-electron chi connectivity index (χ1n) is 6.61. The van der Waals surface area contributed by atoms with Crippen molar-refractivity contribution >= 4 is 38.4 Å². The minimum atomic E-state index is -0.614. The van der Waals surface area contributed by atoms with Gasteiger partial charge < -0.3 is 5.11 Å². The third-order valence-electron chi connectivity index (χ3n) is 3.47. The molecule has 0 aliphatic heterocycles. The molecule has 4 heteroatoms. The van der Waals surface area contributed by atoms with E-state index in [1.807, 2.05) is 48.5 Å². The smallest absolute Gasteiger partial charge is 0.0838 e. The third-order valence-corrected chi connectivity index (χ3v) is 4.32. The summed E-state index contributed by atoms with van der Waals surface area (Å²) in [6.45, 7) is 0. The molecule has 0 aliphatic carbocycles. The second-order valence-electron chi connectivity index (χ2n) is 4.87. The summed E-state index contributed by atoms with van der Waals surface area (Å²) in [6.07, 6.45) is 1.58. The van der Waals surface area contributed by atoms with Crippen molar-refractivity contribution in [1.82, 2.24) is 4.98 Å².